The van der Waals surface area contributed by atoms with Crippen molar-refractivity contribution in [1.82, 2.24) is 9.55 Å². The number of benzene rings is 1. The summed E-state index contributed by atoms with van der Waals surface area (Å²) in [5, 5.41) is 3.36. The van der Waals surface area contributed by atoms with E-state index >= 15 is 0 Å². The van der Waals surface area contributed by atoms with Gasteiger partial charge in [0.05, 0.1) is 5.69 Å². The van der Waals surface area contributed by atoms with Crippen molar-refractivity contribution in [3.05, 3.63) is 52.8 Å². The number of anilines is 2. The SMILES string of the molecule is C=CCn1cc(C)nc1Nc1ccc(Br)cc1C. The summed E-state index contributed by atoms with van der Waals surface area (Å²) < 4.78 is 3.13. The highest BCUT2D eigenvalue weighted by Gasteiger charge is 2.06. The highest BCUT2D eigenvalue weighted by Crippen LogP contribution is 2.23. The van der Waals surface area contributed by atoms with Gasteiger partial charge < -0.3 is 9.88 Å². The third-order valence-corrected chi connectivity index (χ3v) is 3.15. The minimum absolute atomic E-state index is 0.749. The standard InChI is InChI=1S/C14H16BrN3/c1-4-7-18-9-11(3)16-14(18)17-13-6-5-12(15)8-10(13)2/h4-6,8-9H,1,7H2,2-3H3,(H,16,17). The van der Waals surface area contributed by atoms with Crippen molar-refractivity contribution in [2.24, 2.45) is 0 Å². The van der Waals surface area contributed by atoms with E-state index in [4.69, 9.17) is 0 Å². The Balaban J connectivity index is 2.30. The third-order valence-electron chi connectivity index (χ3n) is 2.66. The number of aryl methyl sites for hydroxylation is 2. The average molecular weight is 306 g/mol. The number of aromatic nitrogens is 2. The molecule has 3 nitrogen and oxygen atoms in total. The van der Waals surface area contributed by atoms with Gasteiger partial charge >= 0.3 is 0 Å². The van der Waals surface area contributed by atoms with Crippen LogP contribution in [0.5, 0.6) is 0 Å². The maximum absolute atomic E-state index is 4.48. The lowest BCUT2D eigenvalue weighted by Gasteiger charge is -2.10. The second kappa shape index (κ2) is 5.40. The van der Waals surface area contributed by atoms with E-state index in [0.717, 1.165) is 28.3 Å². The molecule has 0 aliphatic heterocycles. The van der Waals surface area contributed by atoms with E-state index in [-0.39, 0.29) is 0 Å². The van der Waals surface area contributed by atoms with Gasteiger partial charge in [0.25, 0.3) is 0 Å². The van der Waals surface area contributed by atoms with E-state index in [2.05, 4.69) is 45.8 Å². The molecular formula is C14H16BrN3. The summed E-state index contributed by atoms with van der Waals surface area (Å²) in [4.78, 5) is 4.48. The number of rotatable bonds is 4. The lowest BCUT2D eigenvalue weighted by molar-refractivity contribution is 0.832. The van der Waals surface area contributed by atoms with Crippen molar-refractivity contribution in [2.75, 3.05) is 5.32 Å². The molecule has 0 saturated heterocycles. The van der Waals surface area contributed by atoms with Crippen LogP contribution in [0.3, 0.4) is 0 Å². The van der Waals surface area contributed by atoms with Crippen molar-refractivity contribution in [3.63, 3.8) is 0 Å². The van der Waals surface area contributed by atoms with Crippen LogP contribution < -0.4 is 5.32 Å². The average Bonchev–Trinajstić information content (AvgIpc) is 2.64. The van der Waals surface area contributed by atoms with Gasteiger partial charge in [0.1, 0.15) is 0 Å². The molecular weight excluding hydrogens is 290 g/mol. The van der Waals surface area contributed by atoms with Crippen LogP contribution in [-0.2, 0) is 6.54 Å². The van der Waals surface area contributed by atoms with Crippen LogP contribution in [0.25, 0.3) is 0 Å². The second-order valence-electron chi connectivity index (χ2n) is 4.23. The number of imidazole rings is 1. The number of allylic oxidation sites excluding steroid dienone is 1. The van der Waals surface area contributed by atoms with Crippen LogP contribution in [-0.4, -0.2) is 9.55 Å². The zero-order chi connectivity index (χ0) is 13.1. The molecule has 0 radical (unpaired) electrons. The molecule has 0 unspecified atom stereocenters. The van der Waals surface area contributed by atoms with Gasteiger partial charge in [0.15, 0.2) is 0 Å². The fraction of sp³-hybridized carbons (Fsp3) is 0.214. The first kappa shape index (κ1) is 12.9. The molecule has 2 aromatic rings. The fourth-order valence-corrected chi connectivity index (χ4v) is 2.29. The summed E-state index contributed by atoms with van der Waals surface area (Å²) in [6, 6.07) is 6.14. The molecule has 18 heavy (non-hydrogen) atoms. The maximum atomic E-state index is 4.48. The largest absolute Gasteiger partial charge is 0.325 e. The van der Waals surface area contributed by atoms with Gasteiger partial charge in [-0.3, -0.25) is 0 Å². The Kier molecular flexibility index (Phi) is 3.87. The highest BCUT2D eigenvalue weighted by molar-refractivity contribution is 9.10. The first-order valence-corrected chi connectivity index (χ1v) is 6.57. The van der Waals surface area contributed by atoms with Gasteiger partial charge in [-0.15, -0.1) is 6.58 Å². The molecule has 0 atom stereocenters. The smallest absolute Gasteiger partial charge is 0.207 e. The van der Waals surface area contributed by atoms with Crippen molar-refractivity contribution >= 4 is 27.6 Å². The zero-order valence-electron chi connectivity index (χ0n) is 10.6. The van der Waals surface area contributed by atoms with Gasteiger partial charge in [0.2, 0.25) is 5.95 Å². The molecule has 0 bridgehead atoms. The van der Waals surface area contributed by atoms with Gasteiger partial charge in [-0.05, 0) is 37.6 Å². The Hall–Kier alpha value is -1.55. The van der Waals surface area contributed by atoms with Crippen molar-refractivity contribution in [2.45, 2.75) is 20.4 Å². The van der Waals surface area contributed by atoms with E-state index in [1.54, 1.807) is 0 Å². The first-order valence-electron chi connectivity index (χ1n) is 5.78. The van der Waals surface area contributed by atoms with E-state index in [0.29, 0.717) is 0 Å². The van der Waals surface area contributed by atoms with Crippen LogP contribution in [0.15, 0.2) is 41.5 Å². The van der Waals surface area contributed by atoms with E-state index in [9.17, 15) is 0 Å². The Morgan fingerprint density at radius 1 is 1.44 bits per heavy atom. The highest BCUT2D eigenvalue weighted by atomic mass is 79.9. The van der Waals surface area contributed by atoms with Crippen LogP contribution in [0.2, 0.25) is 0 Å². The molecule has 1 aromatic carbocycles. The summed E-state index contributed by atoms with van der Waals surface area (Å²) in [6.45, 7) is 8.56. The number of hydrogen-bond donors (Lipinski definition) is 1. The summed E-state index contributed by atoms with van der Waals surface area (Å²) in [7, 11) is 0. The van der Waals surface area contributed by atoms with Crippen molar-refractivity contribution in [1.29, 1.82) is 0 Å². The van der Waals surface area contributed by atoms with Crippen LogP contribution >= 0.6 is 15.9 Å². The summed E-state index contributed by atoms with van der Waals surface area (Å²) in [6.07, 6.45) is 3.87. The Labute approximate surface area is 116 Å². The summed E-state index contributed by atoms with van der Waals surface area (Å²) >= 11 is 3.46. The number of hydrogen-bond acceptors (Lipinski definition) is 2. The topological polar surface area (TPSA) is 29.9 Å². The Bertz CT molecular complexity index is 572. The Morgan fingerprint density at radius 2 is 2.22 bits per heavy atom. The normalized spacial score (nSPS) is 10.4. The van der Waals surface area contributed by atoms with Gasteiger partial charge in [0, 0.05) is 22.9 Å². The monoisotopic (exact) mass is 305 g/mol. The maximum Gasteiger partial charge on any atom is 0.207 e. The van der Waals surface area contributed by atoms with Gasteiger partial charge in [-0.25, -0.2) is 4.98 Å². The van der Waals surface area contributed by atoms with Crippen LogP contribution in [0, 0.1) is 13.8 Å². The summed E-state index contributed by atoms with van der Waals surface area (Å²) in [5.41, 5.74) is 3.23. The quantitative estimate of drug-likeness (QED) is 0.858. The molecule has 94 valence electrons. The predicted molar refractivity (Wildman–Crippen MR) is 79.3 cm³/mol. The molecule has 0 saturated carbocycles. The van der Waals surface area contributed by atoms with Gasteiger partial charge in [-0.1, -0.05) is 22.0 Å². The number of nitrogens with one attached hydrogen (secondary N) is 1. The third kappa shape index (κ3) is 2.82. The van der Waals surface area contributed by atoms with E-state index in [1.165, 1.54) is 5.56 Å². The van der Waals surface area contributed by atoms with Crippen LogP contribution in [0.1, 0.15) is 11.3 Å². The molecule has 0 aliphatic rings. The zero-order valence-corrected chi connectivity index (χ0v) is 12.2. The molecule has 2 rings (SSSR count). The lowest BCUT2D eigenvalue weighted by Crippen LogP contribution is -2.02. The molecule has 0 spiro atoms. The van der Waals surface area contributed by atoms with E-state index < -0.39 is 0 Å². The fourth-order valence-electron chi connectivity index (χ4n) is 1.81. The van der Waals surface area contributed by atoms with E-state index in [1.807, 2.05) is 35.9 Å². The van der Waals surface area contributed by atoms with Gasteiger partial charge in [-0.2, -0.15) is 0 Å². The number of nitrogens with zero attached hydrogens (tertiary/aromatic N) is 2. The second-order valence-corrected chi connectivity index (χ2v) is 5.15. The molecule has 1 heterocycles. The Morgan fingerprint density at radius 3 is 2.89 bits per heavy atom. The van der Waals surface area contributed by atoms with Crippen LogP contribution in [0.4, 0.5) is 11.6 Å². The minimum atomic E-state index is 0.749. The minimum Gasteiger partial charge on any atom is -0.325 e. The number of halogens is 1. The molecule has 0 aliphatic carbocycles. The molecule has 4 heteroatoms. The molecule has 0 amide bonds. The van der Waals surface area contributed by atoms with Crippen molar-refractivity contribution < 1.29 is 0 Å². The lowest BCUT2D eigenvalue weighted by atomic mass is 10.2. The summed E-state index contributed by atoms with van der Waals surface area (Å²) in [5.74, 6) is 0.845. The molecule has 1 aromatic heterocycles. The predicted octanol–water partition coefficient (Wildman–Crippen LogP) is 4.19. The van der Waals surface area contributed by atoms with Crippen molar-refractivity contribution in [3.8, 4) is 0 Å². The molecule has 1 N–H and O–H groups in total. The first-order chi connectivity index (χ1) is 8.60. The molecule has 0 fully saturated rings.